The summed E-state index contributed by atoms with van der Waals surface area (Å²) >= 11 is 0. The largest absolute Gasteiger partial charge is 0.372 e. The van der Waals surface area contributed by atoms with Crippen LogP contribution in [0.1, 0.15) is 35.9 Å². The van der Waals surface area contributed by atoms with Gasteiger partial charge in [0.05, 0.1) is 11.4 Å². The predicted octanol–water partition coefficient (Wildman–Crippen LogP) is 1.44. The zero-order valence-electron chi connectivity index (χ0n) is 14.3. The monoisotopic (exact) mass is 343 g/mol. The Morgan fingerprint density at radius 1 is 1.28 bits per heavy atom. The molecule has 2 N–H and O–H groups in total. The molecule has 1 fully saturated rings. The first-order valence-electron chi connectivity index (χ1n) is 8.29. The van der Waals surface area contributed by atoms with Crippen LogP contribution in [0.4, 0.5) is 5.69 Å². The second-order valence-corrected chi connectivity index (χ2v) is 5.92. The van der Waals surface area contributed by atoms with Crippen LogP contribution in [0, 0.1) is 6.92 Å². The molecule has 1 aliphatic carbocycles. The molecule has 0 radical (unpaired) electrons. The van der Waals surface area contributed by atoms with E-state index in [9.17, 15) is 9.59 Å². The van der Waals surface area contributed by atoms with Crippen LogP contribution in [0.2, 0.25) is 0 Å². The highest BCUT2D eigenvalue weighted by Gasteiger charge is 2.26. The van der Waals surface area contributed by atoms with E-state index in [0.717, 1.165) is 18.5 Å². The lowest BCUT2D eigenvalue weighted by Crippen LogP contribution is -2.26. The van der Waals surface area contributed by atoms with E-state index in [4.69, 9.17) is 4.74 Å². The van der Waals surface area contributed by atoms with Crippen molar-refractivity contribution in [2.45, 2.75) is 32.7 Å². The fourth-order valence-electron chi connectivity index (χ4n) is 2.34. The van der Waals surface area contributed by atoms with Crippen molar-refractivity contribution in [3.63, 3.8) is 0 Å². The van der Waals surface area contributed by atoms with Gasteiger partial charge in [0.1, 0.15) is 6.61 Å². The second-order valence-electron chi connectivity index (χ2n) is 5.92. The lowest BCUT2D eigenvalue weighted by molar-refractivity contribution is -0.120. The molecule has 0 unspecified atom stereocenters. The molecule has 1 heterocycles. The lowest BCUT2D eigenvalue weighted by Gasteiger charge is -2.07. The van der Waals surface area contributed by atoms with Crippen molar-refractivity contribution in [2.75, 3.05) is 18.5 Å². The van der Waals surface area contributed by atoms with Crippen LogP contribution in [0.25, 0.3) is 5.69 Å². The number of benzene rings is 1. The minimum Gasteiger partial charge on any atom is -0.372 e. The first-order valence-corrected chi connectivity index (χ1v) is 8.29. The van der Waals surface area contributed by atoms with Gasteiger partial charge in [-0.2, -0.15) is 0 Å². The van der Waals surface area contributed by atoms with Gasteiger partial charge in [-0.25, -0.2) is 4.68 Å². The van der Waals surface area contributed by atoms with Crippen molar-refractivity contribution in [1.82, 2.24) is 20.3 Å². The number of hydrogen-bond acceptors (Lipinski definition) is 5. The van der Waals surface area contributed by atoms with E-state index in [1.807, 2.05) is 6.92 Å². The van der Waals surface area contributed by atoms with E-state index in [2.05, 4.69) is 20.9 Å². The van der Waals surface area contributed by atoms with Gasteiger partial charge in [0, 0.05) is 18.3 Å². The molecule has 132 valence electrons. The number of rotatable bonds is 7. The van der Waals surface area contributed by atoms with E-state index >= 15 is 0 Å². The number of aromatic nitrogens is 3. The summed E-state index contributed by atoms with van der Waals surface area (Å²) in [6, 6.07) is 7.42. The van der Waals surface area contributed by atoms with Crippen LogP contribution in [0.3, 0.4) is 0 Å². The second kappa shape index (κ2) is 7.43. The number of amides is 2. The van der Waals surface area contributed by atoms with E-state index in [0.29, 0.717) is 23.7 Å². The van der Waals surface area contributed by atoms with E-state index in [-0.39, 0.29) is 24.5 Å². The van der Waals surface area contributed by atoms with Gasteiger partial charge in [-0.3, -0.25) is 9.59 Å². The number of nitrogens with one attached hydrogen (secondary N) is 2. The molecule has 1 aromatic carbocycles. The number of nitrogens with zero attached hydrogens (tertiary/aromatic N) is 3. The molecule has 1 saturated carbocycles. The molecular formula is C17H21N5O3. The Morgan fingerprint density at radius 2 is 2.00 bits per heavy atom. The van der Waals surface area contributed by atoms with Crippen molar-refractivity contribution >= 4 is 17.5 Å². The Hall–Kier alpha value is -2.74. The third kappa shape index (κ3) is 4.21. The van der Waals surface area contributed by atoms with E-state index in [1.54, 1.807) is 35.9 Å². The van der Waals surface area contributed by atoms with Gasteiger partial charge in [-0.05, 0) is 51.0 Å². The number of carbonyl (C=O) groups is 2. The van der Waals surface area contributed by atoms with Crippen molar-refractivity contribution in [2.24, 2.45) is 0 Å². The summed E-state index contributed by atoms with van der Waals surface area (Å²) in [7, 11) is 0. The zero-order chi connectivity index (χ0) is 17.8. The summed E-state index contributed by atoms with van der Waals surface area (Å²) < 4.78 is 6.67. The summed E-state index contributed by atoms with van der Waals surface area (Å²) in [5.41, 5.74) is 2.43. The van der Waals surface area contributed by atoms with Crippen molar-refractivity contribution in [3.8, 4) is 5.69 Å². The van der Waals surface area contributed by atoms with Crippen LogP contribution < -0.4 is 10.6 Å². The summed E-state index contributed by atoms with van der Waals surface area (Å²) in [6.45, 7) is 4.16. The quantitative estimate of drug-likeness (QED) is 0.793. The first kappa shape index (κ1) is 17.1. The average molecular weight is 343 g/mol. The van der Waals surface area contributed by atoms with Gasteiger partial charge in [-0.15, -0.1) is 5.10 Å². The fraction of sp³-hybridized carbons (Fsp3) is 0.412. The Balaban J connectivity index is 1.68. The van der Waals surface area contributed by atoms with Gasteiger partial charge in [0.25, 0.3) is 5.91 Å². The number of hydrogen-bond donors (Lipinski definition) is 2. The molecule has 2 aromatic rings. The van der Waals surface area contributed by atoms with Gasteiger partial charge in [0.2, 0.25) is 5.91 Å². The molecule has 25 heavy (non-hydrogen) atoms. The highest BCUT2D eigenvalue weighted by molar-refractivity contribution is 5.93. The highest BCUT2D eigenvalue weighted by Crippen LogP contribution is 2.20. The fourth-order valence-corrected chi connectivity index (χ4v) is 2.34. The third-order valence-electron chi connectivity index (χ3n) is 3.86. The van der Waals surface area contributed by atoms with Crippen molar-refractivity contribution < 1.29 is 14.3 Å². The van der Waals surface area contributed by atoms with E-state index in [1.165, 1.54) is 0 Å². The summed E-state index contributed by atoms with van der Waals surface area (Å²) in [5.74, 6) is -0.392. The number of anilines is 1. The standard InChI is InChI=1S/C17H21N5O3/c1-3-25-10-15(23)18-12-6-8-14(9-7-12)22-11(2)16(20-21-22)17(24)19-13-4-5-13/h6-9,13H,3-5,10H2,1-2H3,(H,18,23)(H,19,24). The van der Waals surface area contributed by atoms with Gasteiger partial charge >= 0.3 is 0 Å². The molecule has 2 amide bonds. The molecular weight excluding hydrogens is 322 g/mol. The molecule has 8 nitrogen and oxygen atoms in total. The van der Waals surface area contributed by atoms with Crippen LogP contribution in [0.15, 0.2) is 24.3 Å². The summed E-state index contributed by atoms with van der Waals surface area (Å²) in [5, 5.41) is 13.7. The lowest BCUT2D eigenvalue weighted by atomic mass is 10.2. The van der Waals surface area contributed by atoms with Crippen LogP contribution in [0.5, 0.6) is 0 Å². The normalized spacial score (nSPS) is 13.5. The molecule has 1 aliphatic rings. The molecule has 1 aromatic heterocycles. The van der Waals surface area contributed by atoms with Crippen LogP contribution in [-0.2, 0) is 9.53 Å². The average Bonchev–Trinajstić information content (AvgIpc) is 3.33. The maximum absolute atomic E-state index is 12.1. The minimum atomic E-state index is -0.203. The van der Waals surface area contributed by atoms with Crippen molar-refractivity contribution in [1.29, 1.82) is 0 Å². The zero-order valence-corrected chi connectivity index (χ0v) is 14.3. The number of carbonyl (C=O) groups excluding carboxylic acids is 2. The SMILES string of the molecule is CCOCC(=O)Nc1ccc(-n2nnc(C(=O)NC3CC3)c2C)cc1. The molecule has 3 rings (SSSR count). The first-order chi connectivity index (χ1) is 12.1. The molecule has 8 heteroatoms. The molecule has 0 saturated heterocycles. The smallest absolute Gasteiger partial charge is 0.273 e. The molecule has 0 atom stereocenters. The Morgan fingerprint density at radius 3 is 2.64 bits per heavy atom. The third-order valence-corrected chi connectivity index (χ3v) is 3.86. The minimum absolute atomic E-state index is 0.0277. The van der Waals surface area contributed by atoms with Crippen LogP contribution in [-0.4, -0.2) is 46.1 Å². The van der Waals surface area contributed by atoms with E-state index < -0.39 is 0 Å². The van der Waals surface area contributed by atoms with Crippen LogP contribution >= 0.6 is 0 Å². The maximum Gasteiger partial charge on any atom is 0.273 e. The van der Waals surface area contributed by atoms with Gasteiger partial charge in [0.15, 0.2) is 5.69 Å². The predicted molar refractivity (Wildman–Crippen MR) is 91.7 cm³/mol. The number of ether oxygens (including phenoxy) is 1. The Kier molecular flexibility index (Phi) is 5.08. The topological polar surface area (TPSA) is 98.1 Å². The Bertz CT molecular complexity index is 765. The maximum atomic E-state index is 12.1. The highest BCUT2D eigenvalue weighted by atomic mass is 16.5. The van der Waals surface area contributed by atoms with Gasteiger partial charge < -0.3 is 15.4 Å². The summed E-state index contributed by atoms with van der Waals surface area (Å²) in [6.07, 6.45) is 2.05. The van der Waals surface area contributed by atoms with Crippen molar-refractivity contribution in [3.05, 3.63) is 35.7 Å². The molecule has 0 spiro atoms. The molecule has 0 bridgehead atoms. The van der Waals surface area contributed by atoms with Gasteiger partial charge in [-0.1, -0.05) is 5.21 Å². The summed E-state index contributed by atoms with van der Waals surface area (Å²) in [4.78, 5) is 23.8. The molecule has 0 aliphatic heterocycles. The Labute approximate surface area is 145 Å².